The lowest BCUT2D eigenvalue weighted by atomic mass is 9.84. The third-order valence-corrected chi connectivity index (χ3v) is 4.55. The minimum atomic E-state index is 0.116. The zero-order chi connectivity index (χ0) is 14.5. The third kappa shape index (κ3) is 3.51. The molecule has 1 unspecified atom stereocenters. The minimum absolute atomic E-state index is 0.116. The Hall–Kier alpha value is -1.10. The molecule has 1 fully saturated rings. The number of hydrogen-bond donors (Lipinski definition) is 1. The quantitative estimate of drug-likeness (QED) is 0.867. The Balaban J connectivity index is 1.94. The Morgan fingerprint density at radius 2 is 1.95 bits per heavy atom. The summed E-state index contributed by atoms with van der Waals surface area (Å²) in [5.74, 6) is 1.59. The van der Waals surface area contributed by atoms with Gasteiger partial charge in [-0.05, 0) is 45.1 Å². The van der Waals surface area contributed by atoms with E-state index >= 15 is 0 Å². The standard InChI is InChI=1S/C15H28N4O/c1-5-12-7-9-13(10-8-12)19(4)15-18-17-14(20-15)11(3)16-6-2/h11-13,16H,5-10H2,1-4H3. The predicted molar refractivity (Wildman–Crippen MR) is 80.8 cm³/mol. The van der Waals surface area contributed by atoms with Crippen LogP contribution in [0, 0.1) is 5.92 Å². The highest BCUT2D eigenvalue weighted by Crippen LogP contribution is 2.31. The van der Waals surface area contributed by atoms with Crippen LogP contribution in [0.3, 0.4) is 0 Å². The molecule has 1 saturated carbocycles. The van der Waals surface area contributed by atoms with Crippen LogP contribution in [0.4, 0.5) is 6.01 Å². The number of hydrogen-bond acceptors (Lipinski definition) is 5. The molecular weight excluding hydrogens is 252 g/mol. The van der Waals surface area contributed by atoms with Gasteiger partial charge in [0.2, 0.25) is 5.89 Å². The highest BCUT2D eigenvalue weighted by atomic mass is 16.4. The van der Waals surface area contributed by atoms with Gasteiger partial charge in [0.05, 0.1) is 6.04 Å². The molecule has 0 radical (unpaired) electrons. The van der Waals surface area contributed by atoms with E-state index in [9.17, 15) is 0 Å². The molecule has 2 rings (SSSR count). The fourth-order valence-electron chi connectivity index (χ4n) is 3.03. The van der Waals surface area contributed by atoms with Crippen LogP contribution < -0.4 is 10.2 Å². The van der Waals surface area contributed by atoms with Crippen molar-refractivity contribution in [1.82, 2.24) is 15.5 Å². The number of nitrogens with one attached hydrogen (secondary N) is 1. The molecule has 1 atom stereocenters. The van der Waals surface area contributed by atoms with Gasteiger partial charge in [0.15, 0.2) is 0 Å². The molecule has 0 aromatic carbocycles. The van der Waals surface area contributed by atoms with Crippen LogP contribution in [0.5, 0.6) is 0 Å². The van der Waals surface area contributed by atoms with Crippen LogP contribution in [-0.4, -0.2) is 29.8 Å². The van der Waals surface area contributed by atoms with Crippen molar-refractivity contribution in [2.24, 2.45) is 5.92 Å². The number of rotatable bonds is 6. The van der Waals surface area contributed by atoms with E-state index in [1.54, 1.807) is 0 Å². The Morgan fingerprint density at radius 3 is 2.55 bits per heavy atom. The molecule has 1 aliphatic carbocycles. The summed E-state index contributed by atoms with van der Waals surface area (Å²) in [6.07, 6.45) is 6.41. The van der Waals surface area contributed by atoms with E-state index in [4.69, 9.17) is 4.42 Å². The largest absolute Gasteiger partial charge is 0.406 e. The summed E-state index contributed by atoms with van der Waals surface area (Å²) in [5.41, 5.74) is 0. The van der Waals surface area contributed by atoms with Gasteiger partial charge in [0, 0.05) is 13.1 Å². The summed E-state index contributed by atoms with van der Waals surface area (Å²) in [7, 11) is 2.08. The maximum absolute atomic E-state index is 5.81. The summed E-state index contributed by atoms with van der Waals surface area (Å²) in [6.45, 7) is 7.32. The van der Waals surface area contributed by atoms with Gasteiger partial charge in [0.1, 0.15) is 0 Å². The Labute approximate surface area is 122 Å². The summed E-state index contributed by atoms with van der Waals surface area (Å²) >= 11 is 0. The van der Waals surface area contributed by atoms with Gasteiger partial charge in [-0.25, -0.2) is 0 Å². The second-order valence-electron chi connectivity index (χ2n) is 5.90. The number of aromatic nitrogens is 2. The minimum Gasteiger partial charge on any atom is -0.406 e. The second kappa shape index (κ2) is 7.07. The molecule has 114 valence electrons. The van der Waals surface area contributed by atoms with Crippen molar-refractivity contribution in [3.63, 3.8) is 0 Å². The van der Waals surface area contributed by atoms with Gasteiger partial charge < -0.3 is 14.6 Å². The van der Waals surface area contributed by atoms with Crippen LogP contribution in [0.1, 0.15) is 64.8 Å². The van der Waals surface area contributed by atoms with Gasteiger partial charge in [0.25, 0.3) is 0 Å². The van der Waals surface area contributed by atoms with Crippen molar-refractivity contribution in [2.45, 2.75) is 65.0 Å². The van der Waals surface area contributed by atoms with Crippen LogP contribution in [0.25, 0.3) is 0 Å². The second-order valence-corrected chi connectivity index (χ2v) is 5.90. The lowest BCUT2D eigenvalue weighted by Gasteiger charge is -2.33. The number of anilines is 1. The molecule has 1 heterocycles. The molecule has 1 N–H and O–H groups in total. The molecule has 1 aromatic heterocycles. The molecule has 5 heteroatoms. The summed E-state index contributed by atoms with van der Waals surface area (Å²) in [5, 5.41) is 11.7. The monoisotopic (exact) mass is 280 g/mol. The van der Waals surface area contributed by atoms with Crippen molar-refractivity contribution >= 4 is 6.01 Å². The molecular formula is C15H28N4O. The summed E-state index contributed by atoms with van der Waals surface area (Å²) < 4.78 is 5.81. The molecule has 5 nitrogen and oxygen atoms in total. The van der Waals surface area contributed by atoms with Crippen molar-refractivity contribution in [2.75, 3.05) is 18.5 Å². The van der Waals surface area contributed by atoms with E-state index in [0.29, 0.717) is 17.9 Å². The maximum atomic E-state index is 5.81. The van der Waals surface area contributed by atoms with Gasteiger partial charge in [-0.15, -0.1) is 5.10 Å². The average Bonchev–Trinajstić information content (AvgIpc) is 2.97. The van der Waals surface area contributed by atoms with Crippen LogP contribution in [0.15, 0.2) is 4.42 Å². The van der Waals surface area contributed by atoms with E-state index in [2.05, 4.69) is 41.3 Å². The molecule has 0 bridgehead atoms. The summed E-state index contributed by atoms with van der Waals surface area (Å²) in [4.78, 5) is 2.17. The molecule has 1 aliphatic rings. The van der Waals surface area contributed by atoms with Gasteiger partial charge >= 0.3 is 6.01 Å². The first kappa shape index (κ1) is 15.3. The topological polar surface area (TPSA) is 54.2 Å². The van der Waals surface area contributed by atoms with E-state index < -0.39 is 0 Å². The van der Waals surface area contributed by atoms with E-state index in [0.717, 1.165) is 12.5 Å². The molecule has 1 aromatic rings. The van der Waals surface area contributed by atoms with E-state index in [1.165, 1.54) is 32.1 Å². The van der Waals surface area contributed by atoms with Crippen molar-refractivity contribution in [1.29, 1.82) is 0 Å². The van der Waals surface area contributed by atoms with Crippen molar-refractivity contribution < 1.29 is 4.42 Å². The van der Waals surface area contributed by atoms with Gasteiger partial charge in [-0.3, -0.25) is 0 Å². The Morgan fingerprint density at radius 1 is 1.25 bits per heavy atom. The Kier molecular flexibility index (Phi) is 5.40. The molecule has 0 spiro atoms. The van der Waals surface area contributed by atoms with Gasteiger partial charge in [-0.2, -0.15) is 0 Å². The first-order valence-corrected chi connectivity index (χ1v) is 7.95. The third-order valence-electron chi connectivity index (χ3n) is 4.55. The van der Waals surface area contributed by atoms with Crippen LogP contribution >= 0.6 is 0 Å². The normalized spacial score (nSPS) is 24.6. The highest BCUT2D eigenvalue weighted by Gasteiger charge is 2.26. The number of nitrogens with zero attached hydrogens (tertiary/aromatic N) is 3. The fourth-order valence-corrected chi connectivity index (χ4v) is 3.03. The average molecular weight is 280 g/mol. The molecule has 0 amide bonds. The molecule has 20 heavy (non-hydrogen) atoms. The Bertz CT molecular complexity index is 398. The van der Waals surface area contributed by atoms with Crippen LogP contribution in [-0.2, 0) is 0 Å². The predicted octanol–water partition coefficient (Wildman–Crippen LogP) is 3.15. The highest BCUT2D eigenvalue weighted by molar-refractivity contribution is 5.25. The lowest BCUT2D eigenvalue weighted by Crippen LogP contribution is -2.35. The summed E-state index contributed by atoms with van der Waals surface area (Å²) in [6, 6.07) is 1.32. The first-order chi connectivity index (χ1) is 9.65. The zero-order valence-corrected chi connectivity index (χ0v) is 13.2. The van der Waals surface area contributed by atoms with Gasteiger partial charge in [-0.1, -0.05) is 25.4 Å². The fraction of sp³-hybridized carbons (Fsp3) is 0.867. The van der Waals surface area contributed by atoms with Crippen molar-refractivity contribution in [3.8, 4) is 0 Å². The molecule has 0 aliphatic heterocycles. The van der Waals surface area contributed by atoms with Crippen molar-refractivity contribution in [3.05, 3.63) is 5.89 Å². The van der Waals surface area contributed by atoms with Crippen LogP contribution in [0.2, 0.25) is 0 Å². The first-order valence-electron chi connectivity index (χ1n) is 7.95. The zero-order valence-electron chi connectivity index (χ0n) is 13.2. The SMILES string of the molecule is CCNC(C)c1nnc(N(C)C2CCC(CC)CC2)o1. The molecule has 0 saturated heterocycles. The van der Waals surface area contributed by atoms with E-state index in [-0.39, 0.29) is 6.04 Å². The maximum Gasteiger partial charge on any atom is 0.318 e. The smallest absolute Gasteiger partial charge is 0.318 e. The lowest BCUT2D eigenvalue weighted by molar-refractivity contribution is 0.305. The van der Waals surface area contributed by atoms with E-state index in [1.807, 2.05) is 6.92 Å².